The van der Waals surface area contributed by atoms with Crippen molar-refractivity contribution < 1.29 is 28.7 Å². The van der Waals surface area contributed by atoms with Crippen LogP contribution in [0.1, 0.15) is 6.42 Å². The van der Waals surface area contributed by atoms with Crippen LogP contribution in [0.25, 0.3) is 0 Å². The van der Waals surface area contributed by atoms with Gasteiger partial charge in [0.05, 0.1) is 18.4 Å². The summed E-state index contributed by atoms with van der Waals surface area (Å²) in [6.07, 6.45) is 4.41. The molecule has 8 nitrogen and oxygen atoms in total. The number of ether oxygens (including phenoxy) is 2. The standard InChI is InChI=1S/C12H8N2O6/c15-6-4-12(11(18)19-6)8-7(9(16)20-10(8)17)5-2-1-3-13-14(5)12/h1-3,5,7-8H,4H2. The maximum Gasteiger partial charge on any atom is 0.342 e. The van der Waals surface area contributed by atoms with Gasteiger partial charge in [-0.2, -0.15) is 5.10 Å². The van der Waals surface area contributed by atoms with Gasteiger partial charge in [0.1, 0.15) is 5.92 Å². The Morgan fingerprint density at radius 1 is 1.20 bits per heavy atom. The van der Waals surface area contributed by atoms with Crippen LogP contribution >= 0.6 is 0 Å². The number of nitrogens with zero attached hydrogens (tertiary/aromatic N) is 2. The highest BCUT2D eigenvalue weighted by molar-refractivity contribution is 6.08. The maximum atomic E-state index is 12.2. The zero-order valence-electron chi connectivity index (χ0n) is 10.0. The summed E-state index contributed by atoms with van der Waals surface area (Å²) >= 11 is 0. The zero-order chi connectivity index (χ0) is 14.1. The molecular weight excluding hydrogens is 268 g/mol. The fraction of sp³-hybridized carbons (Fsp3) is 0.417. The Hall–Kier alpha value is -2.51. The first kappa shape index (κ1) is 11.3. The molecule has 0 saturated carbocycles. The molecule has 4 rings (SSSR count). The zero-order valence-corrected chi connectivity index (χ0v) is 10.0. The number of fused-ring (bicyclic) bond motifs is 5. The van der Waals surface area contributed by atoms with E-state index in [4.69, 9.17) is 0 Å². The monoisotopic (exact) mass is 276 g/mol. The summed E-state index contributed by atoms with van der Waals surface area (Å²) in [6.45, 7) is 0. The van der Waals surface area contributed by atoms with E-state index in [2.05, 4.69) is 14.6 Å². The molecule has 8 heteroatoms. The highest BCUT2D eigenvalue weighted by Gasteiger charge is 2.75. The Bertz CT molecular complexity index is 638. The molecule has 4 unspecified atom stereocenters. The molecule has 0 bridgehead atoms. The summed E-state index contributed by atoms with van der Waals surface area (Å²) in [5.41, 5.74) is -1.56. The molecule has 102 valence electrons. The summed E-state index contributed by atoms with van der Waals surface area (Å²) in [5, 5.41) is 5.41. The largest absolute Gasteiger partial charge is 0.393 e. The van der Waals surface area contributed by atoms with Crippen molar-refractivity contribution in [2.24, 2.45) is 16.9 Å². The van der Waals surface area contributed by atoms with Crippen LogP contribution in [0.5, 0.6) is 0 Å². The quantitative estimate of drug-likeness (QED) is 0.402. The van der Waals surface area contributed by atoms with E-state index in [9.17, 15) is 19.2 Å². The molecule has 0 N–H and O–H groups in total. The van der Waals surface area contributed by atoms with Crippen molar-refractivity contribution in [1.82, 2.24) is 5.01 Å². The third-order valence-corrected chi connectivity index (χ3v) is 4.22. The van der Waals surface area contributed by atoms with Gasteiger partial charge in [-0.1, -0.05) is 6.08 Å². The molecule has 0 amide bonds. The first-order valence-electron chi connectivity index (χ1n) is 6.06. The third kappa shape index (κ3) is 1.06. The number of hydrazone groups is 1. The topological polar surface area (TPSA) is 102 Å². The lowest BCUT2D eigenvalue weighted by Gasteiger charge is -2.33. The van der Waals surface area contributed by atoms with Crippen molar-refractivity contribution in [3.63, 3.8) is 0 Å². The second-order valence-electron chi connectivity index (χ2n) is 5.09. The van der Waals surface area contributed by atoms with Gasteiger partial charge in [-0.15, -0.1) is 0 Å². The highest BCUT2D eigenvalue weighted by Crippen LogP contribution is 2.53. The van der Waals surface area contributed by atoms with Crippen LogP contribution in [0.2, 0.25) is 0 Å². The SMILES string of the molecule is O=C1CC2(C(=O)O1)C1C(=O)OC(=O)C1C1C=CC=NN12. The van der Waals surface area contributed by atoms with Gasteiger partial charge in [0.15, 0.2) is 5.54 Å². The van der Waals surface area contributed by atoms with Gasteiger partial charge in [0, 0.05) is 6.21 Å². The highest BCUT2D eigenvalue weighted by atomic mass is 16.6. The lowest BCUT2D eigenvalue weighted by atomic mass is 9.79. The predicted molar refractivity (Wildman–Crippen MR) is 59.8 cm³/mol. The summed E-state index contributed by atoms with van der Waals surface area (Å²) < 4.78 is 9.24. The van der Waals surface area contributed by atoms with Crippen molar-refractivity contribution in [3.8, 4) is 0 Å². The molecule has 3 fully saturated rings. The lowest BCUT2D eigenvalue weighted by molar-refractivity contribution is -0.163. The lowest BCUT2D eigenvalue weighted by Crippen LogP contribution is -2.53. The number of cyclic esters (lactones) is 4. The maximum absolute atomic E-state index is 12.2. The van der Waals surface area contributed by atoms with E-state index in [0.717, 1.165) is 0 Å². The van der Waals surface area contributed by atoms with Gasteiger partial charge in [0.25, 0.3) is 0 Å². The minimum absolute atomic E-state index is 0.308. The van der Waals surface area contributed by atoms with Crippen molar-refractivity contribution in [2.45, 2.75) is 18.0 Å². The Kier molecular flexibility index (Phi) is 1.88. The van der Waals surface area contributed by atoms with E-state index >= 15 is 0 Å². The van der Waals surface area contributed by atoms with Crippen molar-refractivity contribution in [2.75, 3.05) is 0 Å². The molecule has 20 heavy (non-hydrogen) atoms. The fourth-order valence-electron chi connectivity index (χ4n) is 3.49. The Morgan fingerprint density at radius 2 is 2.00 bits per heavy atom. The molecule has 0 aromatic rings. The Labute approximate surface area is 112 Å². The Balaban J connectivity index is 1.93. The molecule has 4 heterocycles. The van der Waals surface area contributed by atoms with Crippen LogP contribution in [0.4, 0.5) is 0 Å². The number of esters is 4. The molecule has 0 radical (unpaired) electrons. The van der Waals surface area contributed by atoms with E-state index in [-0.39, 0.29) is 6.42 Å². The van der Waals surface area contributed by atoms with Crippen molar-refractivity contribution in [3.05, 3.63) is 12.2 Å². The average molecular weight is 276 g/mol. The molecule has 0 aromatic heterocycles. The van der Waals surface area contributed by atoms with Crippen LogP contribution in [0.3, 0.4) is 0 Å². The predicted octanol–water partition coefficient (Wildman–Crippen LogP) is -1.25. The first-order valence-corrected chi connectivity index (χ1v) is 6.06. The second kappa shape index (κ2) is 3.33. The van der Waals surface area contributed by atoms with Crippen LogP contribution < -0.4 is 0 Å². The van der Waals surface area contributed by atoms with E-state index < -0.39 is 47.3 Å². The Morgan fingerprint density at radius 3 is 2.70 bits per heavy atom. The van der Waals surface area contributed by atoms with Gasteiger partial charge < -0.3 is 9.47 Å². The number of carbonyl (C=O) groups is 4. The van der Waals surface area contributed by atoms with Crippen molar-refractivity contribution in [1.29, 1.82) is 0 Å². The van der Waals surface area contributed by atoms with Crippen molar-refractivity contribution >= 4 is 30.1 Å². The van der Waals surface area contributed by atoms with E-state index in [1.807, 2.05) is 0 Å². The summed E-state index contributed by atoms with van der Waals surface area (Å²) in [5.74, 6) is -4.97. The van der Waals surface area contributed by atoms with E-state index in [1.54, 1.807) is 12.2 Å². The smallest absolute Gasteiger partial charge is 0.342 e. The minimum atomic E-state index is -1.56. The van der Waals surface area contributed by atoms with Crippen LogP contribution in [0.15, 0.2) is 17.3 Å². The number of hydrogen-bond acceptors (Lipinski definition) is 8. The van der Waals surface area contributed by atoms with Crippen LogP contribution in [-0.2, 0) is 28.7 Å². The summed E-state index contributed by atoms with van der Waals surface area (Å²) in [6, 6.07) is -0.581. The van der Waals surface area contributed by atoms with Crippen LogP contribution in [0, 0.1) is 11.8 Å². The summed E-state index contributed by atoms with van der Waals surface area (Å²) in [4.78, 5) is 47.5. The molecule has 4 atom stereocenters. The molecule has 4 aliphatic rings. The van der Waals surface area contributed by atoms with Gasteiger partial charge in [-0.3, -0.25) is 19.4 Å². The van der Waals surface area contributed by atoms with Gasteiger partial charge in [-0.25, -0.2) is 4.79 Å². The second-order valence-corrected chi connectivity index (χ2v) is 5.09. The molecular formula is C12H8N2O6. The van der Waals surface area contributed by atoms with Crippen LogP contribution in [-0.4, -0.2) is 46.7 Å². The number of allylic oxidation sites excluding steroid dienone is 1. The molecule has 0 aromatic carbocycles. The van der Waals surface area contributed by atoms with Gasteiger partial charge in [0.2, 0.25) is 0 Å². The first-order chi connectivity index (χ1) is 9.55. The van der Waals surface area contributed by atoms with E-state index in [0.29, 0.717) is 0 Å². The third-order valence-electron chi connectivity index (χ3n) is 4.22. The minimum Gasteiger partial charge on any atom is -0.393 e. The summed E-state index contributed by atoms with van der Waals surface area (Å²) in [7, 11) is 0. The van der Waals surface area contributed by atoms with Gasteiger partial charge in [-0.05, 0) is 6.08 Å². The fourth-order valence-corrected chi connectivity index (χ4v) is 3.49. The number of rotatable bonds is 0. The number of carbonyl (C=O) groups excluding carboxylic acids is 4. The molecule has 3 saturated heterocycles. The molecule has 4 aliphatic heterocycles. The number of hydrogen-bond donors (Lipinski definition) is 0. The normalized spacial score (nSPS) is 41.2. The average Bonchev–Trinajstić information content (AvgIpc) is 2.97. The van der Waals surface area contributed by atoms with E-state index in [1.165, 1.54) is 11.2 Å². The van der Waals surface area contributed by atoms with Gasteiger partial charge >= 0.3 is 23.9 Å². The molecule has 1 spiro atoms. The molecule has 0 aliphatic carbocycles.